The lowest BCUT2D eigenvalue weighted by Gasteiger charge is -2.05. The van der Waals surface area contributed by atoms with Crippen LogP contribution in [0.3, 0.4) is 0 Å². The smallest absolute Gasteiger partial charge is 0.226 e. The van der Waals surface area contributed by atoms with E-state index in [1.165, 1.54) is 23.5 Å². The minimum Gasteiger partial charge on any atom is -0.490 e. The molecular formula is C23H21FN2O5S2. The van der Waals surface area contributed by atoms with Crippen molar-refractivity contribution in [1.29, 1.82) is 0 Å². The van der Waals surface area contributed by atoms with Crippen LogP contribution in [0.5, 0.6) is 5.75 Å². The number of aromatic nitrogens is 1. The molecule has 0 unspecified atom stereocenters. The third kappa shape index (κ3) is 5.40. The van der Waals surface area contributed by atoms with E-state index in [2.05, 4.69) is 10.3 Å². The first kappa shape index (κ1) is 22.9. The molecule has 0 bridgehead atoms. The Morgan fingerprint density at radius 3 is 2.76 bits per heavy atom. The summed E-state index contributed by atoms with van der Waals surface area (Å²) in [6.07, 6.45) is 0.144. The number of anilines is 1. The maximum absolute atomic E-state index is 13.0. The second-order valence-corrected chi connectivity index (χ2v) is 10.1. The molecule has 0 atom stereocenters. The van der Waals surface area contributed by atoms with Crippen LogP contribution in [0.15, 0.2) is 63.2 Å². The number of nitrogens with zero attached hydrogens (tertiary/aromatic N) is 1. The minimum atomic E-state index is -3.58. The van der Waals surface area contributed by atoms with Gasteiger partial charge in [-0.25, -0.2) is 17.8 Å². The third-order valence-corrected chi connectivity index (χ3v) is 7.37. The molecule has 0 saturated heterocycles. The molecule has 1 N–H and O–H groups in total. The van der Waals surface area contributed by atoms with E-state index in [0.717, 1.165) is 17.5 Å². The number of fused-ring (bicyclic) bond motifs is 1. The fraction of sp³-hybridized carbons (Fsp3) is 0.217. The van der Waals surface area contributed by atoms with Crippen LogP contribution in [0.1, 0.15) is 19.8 Å². The summed E-state index contributed by atoms with van der Waals surface area (Å²) in [6.45, 7) is 2.42. The van der Waals surface area contributed by atoms with Crippen LogP contribution in [0, 0.1) is 5.82 Å². The quantitative estimate of drug-likeness (QED) is 0.322. The molecule has 0 saturated carbocycles. The summed E-state index contributed by atoms with van der Waals surface area (Å²) in [5.74, 6) is 0.151. The maximum Gasteiger partial charge on any atom is 0.226 e. The van der Waals surface area contributed by atoms with Gasteiger partial charge in [0.1, 0.15) is 11.5 Å². The predicted octanol–water partition coefficient (Wildman–Crippen LogP) is 5.29. The van der Waals surface area contributed by atoms with Crippen molar-refractivity contribution < 1.29 is 26.8 Å². The molecule has 4 aromatic rings. The number of thiazole rings is 1. The first-order valence-electron chi connectivity index (χ1n) is 10.2. The fourth-order valence-corrected chi connectivity index (χ4v) is 5.27. The molecule has 0 spiro atoms. The van der Waals surface area contributed by atoms with Gasteiger partial charge in [-0.3, -0.25) is 4.79 Å². The van der Waals surface area contributed by atoms with Crippen molar-refractivity contribution in [3.63, 3.8) is 0 Å². The summed E-state index contributed by atoms with van der Waals surface area (Å²) in [5, 5.41) is 5.74. The zero-order valence-corrected chi connectivity index (χ0v) is 19.3. The molecule has 0 aliphatic heterocycles. The molecule has 4 rings (SSSR count). The molecule has 0 aliphatic rings. The van der Waals surface area contributed by atoms with Crippen molar-refractivity contribution >= 4 is 43.2 Å². The molecule has 2 aromatic heterocycles. The van der Waals surface area contributed by atoms with E-state index in [1.807, 2.05) is 31.2 Å². The van der Waals surface area contributed by atoms with Gasteiger partial charge in [0.25, 0.3) is 0 Å². The Balaban J connectivity index is 1.36. The number of benzene rings is 2. The van der Waals surface area contributed by atoms with Gasteiger partial charge in [-0.05, 0) is 49.7 Å². The van der Waals surface area contributed by atoms with E-state index in [-0.39, 0.29) is 29.4 Å². The number of sulfone groups is 1. The van der Waals surface area contributed by atoms with Crippen molar-refractivity contribution in [2.45, 2.75) is 24.7 Å². The SMILES string of the molecule is CCOc1cccc2cc(-c3csc(NC(=O)CCCS(=O)(=O)c4ccc(F)cc4)n3)oc12. The Bertz CT molecular complexity index is 1380. The van der Waals surface area contributed by atoms with Crippen molar-refractivity contribution in [3.8, 4) is 17.2 Å². The Morgan fingerprint density at radius 1 is 1.21 bits per heavy atom. The highest BCUT2D eigenvalue weighted by atomic mass is 32.2. The molecule has 1 amide bonds. The summed E-state index contributed by atoms with van der Waals surface area (Å²) < 4.78 is 49.1. The van der Waals surface area contributed by atoms with E-state index in [0.29, 0.717) is 34.5 Å². The average molecular weight is 489 g/mol. The fourth-order valence-electron chi connectivity index (χ4n) is 3.24. The molecule has 0 aliphatic carbocycles. The Hall–Kier alpha value is -3.24. The highest BCUT2D eigenvalue weighted by Crippen LogP contribution is 2.34. The molecule has 10 heteroatoms. The van der Waals surface area contributed by atoms with E-state index < -0.39 is 15.7 Å². The summed E-state index contributed by atoms with van der Waals surface area (Å²) in [4.78, 5) is 16.7. The van der Waals surface area contributed by atoms with Gasteiger partial charge < -0.3 is 14.5 Å². The number of rotatable bonds is 9. The molecule has 33 heavy (non-hydrogen) atoms. The molecule has 2 aromatic carbocycles. The summed E-state index contributed by atoms with van der Waals surface area (Å²) in [5.41, 5.74) is 1.21. The van der Waals surface area contributed by atoms with Crippen molar-refractivity contribution in [2.24, 2.45) is 0 Å². The second kappa shape index (κ2) is 9.72. The monoisotopic (exact) mass is 488 g/mol. The maximum atomic E-state index is 13.0. The standard InChI is InChI=1S/C23H21FN2O5S2/c1-2-30-19-6-3-5-15-13-20(31-22(15)19)18-14-32-23(25-18)26-21(27)7-4-12-33(28,29)17-10-8-16(24)9-11-17/h3,5-6,8-11,13-14H,2,4,7,12H2,1H3,(H,25,26,27). The lowest BCUT2D eigenvalue weighted by molar-refractivity contribution is -0.116. The van der Waals surface area contributed by atoms with Crippen LogP contribution in [0.4, 0.5) is 9.52 Å². The number of ether oxygens (including phenoxy) is 1. The number of halogens is 1. The lowest BCUT2D eigenvalue weighted by atomic mass is 10.2. The normalized spacial score (nSPS) is 11.6. The van der Waals surface area contributed by atoms with Gasteiger partial charge >= 0.3 is 0 Å². The second-order valence-electron chi connectivity index (χ2n) is 7.18. The lowest BCUT2D eigenvalue weighted by Crippen LogP contribution is -2.14. The van der Waals surface area contributed by atoms with E-state index in [1.54, 1.807) is 5.38 Å². The third-order valence-electron chi connectivity index (χ3n) is 4.80. The van der Waals surface area contributed by atoms with Crippen LogP contribution in [-0.4, -0.2) is 31.7 Å². The molecule has 7 nitrogen and oxygen atoms in total. The van der Waals surface area contributed by atoms with E-state index in [9.17, 15) is 17.6 Å². The predicted molar refractivity (Wildman–Crippen MR) is 125 cm³/mol. The van der Waals surface area contributed by atoms with Crippen molar-refractivity contribution in [2.75, 3.05) is 17.7 Å². The van der Waals surface area contributed by atoms with Crippen LogP contribution in [0.25, 0.3) is 22.4 Å². The number of furan rings is 1. The largest absolute Gasteiger partial charge is 0.490 e. The number of nitrogens with one attached hydrogen (secondary N) is 1. The van der Waals surface area contributed by atoms with Gasteiger partial charge in [-0.1, -0.05) is 12.1 Å². The number of amides is 1. The molecule has 0 radical (unpaired) electrons. The van der Waals surface area contributed by atoms with Gasteiger partial charge in [0.15, 0.2) is 32.1 Å². The van der Waals surface area contributed by atoms with Crippen LogP contribution < -0.4 is 10.1 Å². The molecular weight excluding hydrogens is 467 g/mol. The Kier molecular flexibility index (Phi) is 6.75. The molecule has 172 valence electrons. The first-order valence-corrected chi connectivity index (χ1v) is 12.8. The van der Waals surface area contributed by atoms with Crippen LogP contribution >= 0.6 is 11.3 Å². The summed E-state index contributed by atoms with van der Waals surface area (Å²) >= 11 is 1.25. The molecule has 2 heterocycles. The Morgan fingerprint density at radius 2 is 2.00 bits per heavy atom. The highest BCUT2D eigenvalue weighted by molar-refractivity contribution is 7.91. The zero-order valence-electron chi connectivity index (χ0n) is 17.7. The number of para-hydroxylation sites is 1. The number of carbonyl (C=O) groups excluding carboxylic acids is 1. The van der Waals surface area contributed by atoms with Gasteiger partial charge in [-0.2, -0.15) is 0 Å². The number of hydrogen-bond donors (Lipinski definition) is 1. The van der Waals surface area contributed by atoms with E-state index >= 15 is 0 Å². The minimum absolute atomic E-state index is 0.0116. The number of hydrogen-bond acceptors (Lipinski definition) is 7. The topological polar surface area (TPSA) is 98.5 Å². The zero-order chi connectivity index (χ0) is 23.4. The van der Waals surface area contributed by atoms with Gasteiger partial charge in [-0.15, -0.1) is 11.3 Å². The summed E-state index contributed by atoms with van der Waals surface area (Å²) in [6, 6.07) is 12.1. The van der Waals surface area contributed by atoms with Crippen LogP contribution in [0.2, 0.25) is 0 Å². The van der Waals surface area contributed by atoms with Crippen LogP contribution in [-0.2, 0) is 14.6 Å². The van der Waals surface area contributed by atoms with Crippen molar-refractivity contribution in [3.05, 3.63) is 59.7 Å². The highest BCUT2D eigenvalue weighted by Gasteiger charge is 2.17. The van der Waals surface area contributed by atoms with Gasteiger partial charge in [0.05, 0.1) is 17.3 Å². The molecule has 0 fully saturated rings. The first-order chi connectivity index (χ1) is 15.9. The van der Waals surface area contributed by atoms with Gasteiger partial charge in [0, 0.05) is 17.2 Å². The average Bonchev–Trinajstić information content (AvgIpc) is 3.41. The van der Waals surface area contributed by atoms with Crippen molar-refractivity contribution in [1.82, 2.24) is 4.98 Å². The Labute approximate surface area is 194 Å². The van der Waals surface area contributed by atoms with E-state index in [4.69, 9.17) is 9.15 Å². The van der Waals surface area contributed by atoms with Gasteiger partial charge in [0.2, 0.25) is 5.91 Å². The number of carbonyl (C=O) groups is 1. The summed E-state index contributed by atoms with van der Waals surface area (Å²) in [7, 11) is -3.58.